The minimum Gasteiger partial charge on any atom is -0.364 e. The molecule has 11 heteroatoms. The standard InChI is InChI=1S/C19H18F3N7O/c20-19(21,22)16-7-8-17(27-26-16)25-13-4-3-11-28(12-13)18(30)14-5-1-2-6-15(14)29-23-9-10-24-29/h1-2,5-10,13H,3-4,11-12H2,(H,25,27)/t13-/m1/s1. The zero-order valence-corrected chi connectivity index (χ0v) is 15.8. The Kier molecular flexibility index (Phi) is 5.34. The number of aromatic nitrogens is 5. The summed E-state index contributed by atoms with van der Waals surface area (Å²) in [6.07, 6.45) is 0.0469. The van der Waals surface area contributed by atoms with Crippen LogP contribution in [0.15, 0.2) is 48.8 Å². The number of amides is 1. The smallest absolute Gasteiger partial charge is 0.364 e. The van der Waals surface area contributed by atoms with Crippen LogP contribution in [0.3, 0.4) is 0 Å². The maximum absolute atomic E-state index is 13.1. The molecular weight excluding hydrogens is 399 g/mol. The van der Waals surface area contributed by atoms with Gasteiger partial charge < -0.3 is 10.2 Å². The van der Waals surface area contributed by atoms with Gasteiger partial charge in [0.05, 0.1) is 23.6 Å². The van der Waals surface area contributed by atoms with Crippen LogP contribution in [0.4, 0.5) is 19.0 Å². The number of para-hydroxylation sites is 1. The van der Waals surface area contributed by atoms with Crippen molar-refractivity contribution in [1.29, 1.82) is 0 Å². The second kappa shape index (κ2) is 8.09. The van der Waals surface area contributed by atoms with E-state index in [1.165, 1.54) is 23.3 Å². The lowest BCUT2D eigenvalue weighted by molar-refractivity contribution is -0.141. The number of hydrogen-bond acceptors (Lipinski definition) is 6. The number of halogens is 3. The third-order valence-corrected chi connectivity index (χ3v) is 4.78. The molecule has 1 N–H and O–H groups in total. The summed E-state index contributed by atoms with van der Waals surface area (Å²) in [6, 6.07) is 9.05. The van der Waals surface area contributed by atoms with Crippen LogP contribution in [-0.2, 0) is 6.18 Å². The van der Waals surface area contributed by atoms with Crippen molar-refractivity contribution < 1.29 is 18.0 Å². The summed E-state index contributed by atoms with van der Waals surface area (Å²) in [5.41, 5.74) is 0.0113. The summed E-state index contributed by atoms with van der Waals surface area (Å²) >= 11 is 0. The Morgan fingerprint density at radius 1 is 1.07 bits per heavy atom. The summed E-state index contributed by atoms with van der Waals surface area (Å²) in [7, 11) is 0. The number of likely N-dealkylation sites (tertiary alicyclic amines) is 1. The van der Waals surface area contributed by atoms with Crippen LogP contribution in [0.5, 0.6) is 0 Å². The fraction of sp³-hybridized carbons (Fsp3) is 0.316. The highest BCUT2D eigenvalue weighted by atomic mass is 19.4. The van der Waals surface area contributed by atoms with Gasteiger partial charge in [0.15, 0.2) is 5.69 Å². The number of rotatable bonds is 4. The minimum absolute atomic E-state index is 0.149. The predicted molar refractivity (Wildman–Crippen MR) is 101 cm³/mol. The van der Waals surface area contributed by atoms with Gasteiger partial charge in [-0.25, -0.2) is 0 Å². The predicted octanol–water partition coefficient (Wildman–Crippen LogP) is 2.79. The van der Waals surface area contributed by atoms with E-state index in [1.54, 1.807) is 29.2 Å². The Hall–Kier alpha value is -3.50. The second-order valence-corrected chi connectivity index (χ2v) is 6.87. The van der Waals surface area contributed by atoms with Crippen LogP contribution in [0.2, 0.25) is 0 Å². The number of anilines is 1. The number of carbonyl (C=O) groups is 1. The molecule has 1 saturated heterocycles. The van der Waals surface area contributed by atoms with Crippen LogP contribution < -0.4 is 5.32 Å². The topological polar surface area (TPSA) is 88.8 Å². The quantitative estimate of drug-likeness (QED) is 0.702. The Labute approximate surface area is 169 Å². The lowest BCUT2D eigenvalue weighted by atomic mass is 10.0. The third kappa shape index (κ3) is 4.24. The van der Waals surface area contributed by atoms with Gasteiger partial charge in [0.25, 0.3) is 5.91 Å². The molecule has 0 saturated carbocycles. The summed E-state index contributed by atoms with van der Waals surface area (Å²) in [6.45, 7) is 0.971. The van der Waals surface area contributed by atoms with E-state index < -0.39 is 11.9 Å². The first-order valence-corrected chi connectivity index (χ1v) is 9.34. The van der Waals surface area contributed by atoms with E-state index in [2.05, 4.69) is 25.7 Å². The maximum Gasteiger partial charge on any atom is 0.435 e. The van der Waals surface area contributed by atoms with Crippen molar-refractivity contribution in [3.63, 3.8) is 0 Å². The van der Waals surface area contributed by atoms with E-state index in [-0.39, 0.29) is 17.8 Å². The van der Waals surface area contributed by atoms with Gasteiger partial charge in [-0.1, -0.05) is 12.1 Å². The number of benzene rings is 1. The van der Waals surface area contributed by atoms with Gasteiger partial charge in [0.2, 0.25) is 0 Å². The number of piperidine rings is 1. The molecular formula is C19H18F3N7O. The van der Waals surface area contributed by atoms with Crippen LogP contribution >= 0.6 is 0 Å². The Morgan fingerprint density at radius 2 is 1.83 bits per heavy atom. The van der Waals surface area contributed by atoms with E-state index >= 15 is 0 Å². The molecule has 3 aromatic rings. The minimum atomic E-state index is -4.53. The van der Waals surface area contributed by atoms with Crippen LogP contribution in [-0.4, -0.2) is 55.1 Å². The summed E-state index contributed by atoms with van der Waals surface area (Å²) in [4.78, 5) is 16.2. The molecule has 30 heavy (non-hydrogen) atoms. The van der Waals surface area contributed by atoms with Crippen molar-refractivity contribution in [2.45, 2.75) is 25.1 Å². The van der Waals surface area contributed by atoms with Gasteiger partial charge in [0.1, 0.15) is 5.82 Å². The van der Waals surface area contributed by atoms with Crippen molar-refractivity contribution in [3.8, 4) is 5.69 Å². The summed E-state index contributed by atoms with van der Waals surface area (Å²) < 4.78 is 37.9. The van der Waals surface area contributed by atoms with Crippen molar-refractivity contribution >= 4 is 11.7 Å². The van der Waals surface area contributed by atoms with E-state index in [0.717, 1.165) is 18.9 Å². The van der Waals surface area contributed by atoms with Crippen molar-refractivity contribution in [2.24, 2.45) is 0 Å². The van der Waals surface area contributed by atoms with Crippen molar-refractivity contribution in [3.05, 3.63) is 60.0 Å². The first kappa shape index (κ1) is 19.8. The van der Waals surface area contributed by atoms with Gasteiger partial charge >= 0.3 is 6.18 Å². The van der Waals surface area contributed by atoms with Gasteiger partial charge in [-0.15, -0.1) is 10.2 Å². The monoisotopic (exact) mass is 417 g/mol. The van der Waals surface area contributed by atoms with Gasteiger partial charge in [-0.2, -0.15) is 28.2 Å². The number of carbonyl (C=O) groups excluding carboxylic acids is 1. The molecule has 0 aliphatic carbocycles. The molecule has 1 aliphatic heterocycles. The molecule has 8 nitrogen and oxygen atoms in total. The molecule has 1 aliphatic rings. The zero-order chi connectivity index (χ0) is 21.1. The maximum atomic E-state index is 13.1. The molecule has 156 valence electrons. The lowest BCUT2D eigenvalue weighted by Crippen LogP contribution is -2.45. The first-order valence-electron chi connectivity index (χ1n) is 9.34. The number of nitrogens with one attached hydrogen (secondary N) is 1. The highest BCUT2D eigenvalue weighted by molar-refractivity contribution is 5.97. The average molecular weight is 417 g/mol. The van der Waals surface area contributed by atoms with Crippen LogP contribution in [0.1, 0.15) is 28.9 Å². The lowest BCUT2D eigenvalue weighted by Gasteiger charge is -2.33. The van der Waals surface area contributed by atoms with Gasteiger partial charge in [0, 0.05) is 19.1 Å². The highest BCUT2D eigenvalue weighted by Crippen LogP contribution is 2.27. The normalized spacial score (nSPS) is 17.0. The first-order chi connectivity index (χ1) is 14.4. The third-order valence-electron chi connectivity index (χ3n) is 4.78. The fourth-order valence-corrected chi connectivity index (χ4v) is 3.39. The van der Waals surface area contributed by atoms with Crippen LogP contribution in [0, 0.1) is 0 Å². The molecule has 0 radical (unpaired) electrons. The Balaban J connectivity index is 1.46. The summed E-state index contributed by atoms with van der Waals surface area (Å²) in [5, 5.41) is 18.1. The largest absolute Gasteiger partial charge is 0.435 e. The molecule has 2 aromatic heterocycles. The highest BCUT2D eigenvalue weighted by Gasteiger charge is 2.33. The molecule has 0 spiro atoms. The zero-order valence-electron chi connectivity index (χ0n) is 15.8. The molecule has 1 atom stereocenters. The van der Waals surface area contributed by atoms with Crippen molar-refractivity contribution in [1.82, 2.24) is 30.1 Å². The van der Waals surface area contributed by atoms with E-state index in [1.807, 2.05) is 0 Å². The van der Waals surface area contributed by atoms with E-state index in [9.17, 15) is 18.0 Å². The molecule has 1 amide bonds. The van der Waals surface area contributed by atoms with Gasteiger partial charge in [-0.3, -0.25) is 4.79 Å². The number of hydrogen-bond donors (Lipinski definition) is 1. The Bertz CT molecular complexity index is 1010. The molecule has 4 rings (SSSR count). The molecule has 3 heterocycles. The average Bonchev–Trinajstić information content (AvgIpc) is 3.28. The van der Waals surface area contributed by atoms with Crippen molar-refractivity contribution in [2.75, 3.05) is 18.4 Å². The number of alkyl halides is 3. The molecule has 0 bridgehead atoms. The fourth-order valence-electron chi connectivity index (χ4n) is 3.39. The molecule has 1 aromatic carbocycles. The van der Waals surface area contributed by atoms with E-state index in [0.29, 0.717) is 24.3 Å². The van der Waals surface area contributed by atoms with Gasteiger partial charge in [-0.05, 0) is 37.1 Å². The SMILES string of the molecule is O=C(c1ccccc1-n1nccn1)N1CCC[C@@H](Nc2ccc(C(F)(F)F)nn2)C1. The molecule has 1 fully saturated rings. The summed E-state index contributed by atoms with van der Waals surface area (Å²) in [5.74, 6) is 0.0799. The molecule has 0 unspecified atom stereocenters. The Morgan fingerprint density at radius 3 is 2.53 bits per heavy atom. The second-order valence-electron chi connectivity index (χ2n) is 6.87. The van der Waals surface area contributed by atoms with E-state index in [4.69, 9.17) is 0 Å². The van der Waals surface area contributed by atoms with Crippen LogP contribution in [0.25, 0.3) is 5.69 Å². The number of nitrogens with zero attached hydrogens (tertiary/aromatic N) is 6.